The Balaban J connectivity index is 1.63. The second-order valence-corrected chi connectivity index (χ2v) is 5.85. The molecule has 22 heavy (non-hydrogen) atoms. The molecule has 1 fully saturated rings. The average Bonchev–Trinajstić information content (AvgIpc) is 3.09. The fourth-order valence-corrected chi connectivity index (χ4v) is 2.72. The van der Waals surface area contributed by atoms with Gasteiger partial charge in [0.25, 0.3) is 0 Å². The molecule has 0 N–H and O–H groups in total. The summed E-state index contributed by atoms with van der Waals surface area (Å²) in [6, 6.07) is 8.33. The molecule has 116 valence electrons. The van der Waals surface area contributed by atoms with Crippen molar-refractivity contribution in [1.29, 1.82) is 0 Å². The maximum atomic E-state index is 12.0. The summed E-state index contributed by atoms with van der Waals surface area (Å²) < 4.78 is 1.88. The number of carbonyl (C=O) groups excluding carboxylic acids is 1. The van der Waals surface area contributed by atoms with Crippen molar-refractivity contribution in [3.63, 3.8) is 0 Å². The lowest BCUT2D eigenvalue weighted by Crippen LogP contribution is -2.49. The van der Waals surface area contributed by atoms with Gasteiger partial charge in [-0.25, -0.2) is 0 Å². The van der Waals surface area contributed by atoms with Gasteiger partial charge in [0.2, 0.25) is 5.91 Å². The van der Waals surface area contributed by atoms with E-state index in [4.69, 9.17) is 0 Å². The second-order valence-electron chi connectivity index (χ2n) is 5.85. The van der Waals surface area contributed by atoms with Crippen LogP contribution in [0.4, 0.5) is 5.69 Å². The van der Waals surface area contributed by atoms with Crippen LogP contribution in [-0.4, -0.2) is 51.8 Å². The molecule has 0 unspecified atom stereocenters. The Hall–Kier alpha value is -2.37. The number of piperazine rings is 1. The number of benzene rings is 1. The largest absolute Gasteiger partial charge is 0.368 e. The molecule has 0 aliphatic carbocycles. The minimum Gasteiger partial charge on any atom is -0.368 e. The topological polar surface area (TPSA) is 54.3 Å². The van der Waals surface area contributed by atoms with Gasteiger partial charge in [0.1, 0.15) is 12.7 Å². The van der Waals surface area contributed by atoms with Crippen LogP contribution in [0.25, 0.3) is 5.69 Å². The molecule has 1 aromatic carbocycles. The van der Waals surface area contributed by atoms with E-state index in [1.807, 2.05) is 23.3 Å². The molecule has 2 aromatic rings. The fraction of sp³-hybridized carbons (Fsp3) is 0.438. The minimum atomic E-state index is 0.0784. The first-order valence-electron chi connectivity index (χ1n) is 7.64. The van der Waals surface area contributed by atoms with E-state index < -0.39 is 0 Å². The lowest BCUT2D eigenvalue weighted by atomic mass is 10.1. The quantitative estimate of drug-likeness (QED) is 0.863. The van der Waals surface area contributed by atoms with Crippen molar-refractivity contribution in [3.8, 4) is 5.69 Å². The van der Waals surface area contributed by atoms with Gasteiger partial charge in [-0.15, -0.1) is 10.2 Å². The van der Waals surface area contributed by atoms with Gasteiger partial charge in [0.05, 0.1) is 0 Å². The van der Waals surface area contributed by atoms with Gasteiger partial charge >= 0.3 is 0 Å². The molecule has 0 saturated carbocycles. The summed E-state index contributed by atoms with van der Waals surface area (Å²) in [7, 11) is 0. The minimum absolute atomic E-state index is 0.0784. The van der Waals surface area contributed by atoms with Crippen molar-refractivity contribution in [1.82, 2.24) is 19.7 Å². The van der Waals surface area contributed by atoms with Crippen molar-refractivity contribution in [2.75, 3.05) is 31.1 Å². The molecule has 6 heteroatoms. The number of hydrogen-bond donors (Lipinski definition) is 0. The van der Waals surface area contributed by atoms with Crippen molar-refractivity contribution < 1.29 is 4.79 Å². The van der Waals surface area contributed by atoms with Gasteiger partial charge < -0.3 is 9.80 Å². The van der Waals surface area contributed by atoms with E-state index in [1.165, 1.54) is 5.69 Å². The van der Waals surface area contributed by atoms with E-state index in [0.29, 0.717) is 0 Å². The summed E-state index contributed by atoms with van der Waals surface area (Å²) in [4.78, 5) is 16.3. The predicted octanol–water partition coefficient (Wildman–Crippen LogP) is 1.57. The standard InChI is InChI=1S/C16H21N5O/c1-13(2)16(22)20-9-7-19(8-10-20)14-3-5-15(6-4-14)21-11-17-18-12-21/h3-6,11-13H,7-10H2,1-2H3. The summed E-state index contributed by atoms with van der Waals surface area (Å²) in [6.07, 6.45) is 3.37. The van der Waals surface area contributed by atoms with Crippen LogP contribution in [0.5, 0.6) is 0 Å². The Morgan fingerprint density at radius 2 is 1.50 bits per heavy atom. The summed E-state index contributed by atoms with van der Waals surface area (Å²) in [6.45, 7) is 7.26. The Morgan fingerprint density at radius 3 is 2.05 bits per heavy atom. The molecule has 1 aliphatic heterocycles. The summed E-state index contributed by atoms with van der Waals surface area (Å²) >= 11 is 0. The van der Waals surface area contributed by atoms with Gasteiger partial charge in [-0.1, -0.05) is 13.8 Å². The highest BCUT2D eigenvalue weighted by Gasteiger charge is 2.22. The zero-order chi connectivity index (χ0) is 15.5. The number of amides is 1. The van der Waals surface area contributed by atoms with Gasteiger partial charge in [-0.3, -0.25) is 9.36 Å². The first kappa shape index (κ1) is 14.6. The smallest absolute Gasteiger partial charge is 0.225 e. The highest BCUT2D eigenvalue weighted by molar-refractivity contribution is 5.78. The van der Waals surface area contributed by atoms with E-state index in [2.05, 4.69) is 39.4 Å². The monoisotopic (exact) mass is 299 g/mol. The lowest BCUT2D eigenvalue weighted by Gasteiger charge is -2.37. The number of hydrogen-bond acceptors (Lipinski definition) is 4. The summed E-state index contributed by atoms with van der Waals surface area (Å²) in [5.41, 5.74) is 2.23. The maximum Gasteiger partial charge on any atom is 0.225 e. The average molecular weight is 299 g/mol. The van der Waals surface area contributed by atoms with Crippen molar-refractivity contribution in [3.05, 3.63) is 36.9 Å². The fourth-order valence-electron chi connectivity index (χ4n) is 2.72. The summed E-state index contributed by atoms with van der Waals surface area (Å²) in [5, 5.41) is 7.63. The predicted molar refractivity (Wildman–Crippen MR) is 85.0 cm³/mol. The van der Waals surface area contributed by atoms with E-state index in [0.717, 1.165) is 31.9 Å². The van der Waals surface area contributed by atoms with Crippen LogP contribution < -0.4 is 4.90 Å². The normalized spacial score (nSPS) is 15.4. The van der Waals surface area contributed by atoms with Crippen LogP contribution in [0.2, 0.25) is 0 Å². The Labute approximate surface area is 130 Å². The Bertz CT molecular complexity index is 612. The molecule has 0 spiro atoms. The molecule has 0 bridgehead atoms. The number of nitrogens with zero attached hydrogens (tertiary/aromatic N) is 5. The van der Waals surface area contributed by atoms with Crippen LogP contribution >= 0.6 is 0 Å². The third kappa shape index (κ3) is 2.95. The summed E-state index contributed by atoms with van der Waals surface area (Å²) in [5.74, 6) is 0.331. The zero-order valence-electron chi connectivity index (χ0n) is 13.0. The van der Waals surface area contributed by atoms with Crippen LogP contribution in [0, 0.1) is 5.92 Å². The van der Waals surface area contributed by atoms with Gasteiger partial charge in [-0.05, 0) is 24.3 Å². The molecule has 3 rings (SSSR count). The number of carbonyl (C=O) groups is 1. The first-order chi connectivity index (χ1) is 10.6. The van der Waals surface area contributed by atoms with Crippen molar-refractivity contribution in [2.24, 2.45) is 5.92 Å². The van der Waals surface area contributed by atoms with Crippen molar-refractivity contribution >= 4 is 11.6 Å². The zero-order valence-corrected chi connectivity index (χ0v) is 13.0. The highest BCUT2D eigenvalue weighted by atomic mass is 16.2. The van der Waals surface area contributed by atoms with Crippen LogP contribution in [0.15, 0.2) is 36.9 Å². The number of rotatable bonds is 3. The molecule has 0 atom stereocenters. The SMILES string of the molecule is CC(C)C(=O)N1CCN(c2ccc(-n3cnnc3)cc2)CC1. The molecule has 0 radical (unpaired) electrons. The van der Waals surface area contributed by atoms with E-state index in [-0.39, 0.29) is 11.8 Å². The Morgan fingerprint density at radius 1 is 0.955 bits per heavy atom. The molecule has 6 nitrogen and oxygen atoms in total. The molecular formula is C16H21N5O. The number of anilines is 1. The molecule has 2 heterocycles. The van der Waals surface area contributed by atoms with E-state index >= 15 is 0 Å². The Kier molecular flexibility index (Phi) is 4.09. The van der Waals surface area contributed by atoms with Crippen molar-refractivity contribution in [2.45, 2.75) is 13.8 Å². The van der Waals surface area contributed by atoms with Gasteiger partial charge in [0, 0.05) is 43.5 Å². The molecular weight excluding hydrogens is 278 g/mol. The van der Waals surface area contributed by atoms with Gasteiger partial charge in [0.15, 0.2) is 0 Å². The maximum absolute atomic E-state index is 12.0. The third-order valence-electron chi connectivity index (χ3n) is 4.02. The first-order valence-corrected chi connectivity index (χ1v) is 7.64. The van der Waals surface area contributed by atoms with E-state index in [1.54, 1.807) is 12.7 Å². The van der Waals surface area contributed by atoms with Crippen LogP contribution in [-0.2, 0) is 4.79 Å². The number of aromatic nitrogens is 3. The van der Waals surface area contributed by atoms with Crippen LogP contribution in [0.1, 0.15) is 13.8 Å². The second kappa shape index (κ2) is 6.17. The van der Waals surface area contributed by atoms with E-state index in [9.17, 15) is 4.79 Å². The highest BCUT2D eigenvalue weighted by Crippen LogP contribution is 2.19. The van der Waals surface area contributed by atoms with Gasteiger partial charge in [-0.2, -0.15) is 0 Å². The van der Waals surface area contributed by atoms with Crippen LogP contribution in [0.3, 0.4) is 0 Å². The molecule has 1 aromatic heterocycles. The lowest BCUT2D eigenvalue weighted by molar-refractivity contribution is -0.134. The molecule has 1 saturated heterocycles. The third-order valence-corrected chi connectivity index (χ3v) is 4.02. The molecule has 1 amide bonds. The molecule has 1 aliphatic rings.